The molecule has 0 bridgehead atoms. The number of anilines is 1. The molecule has 0 radical (unpaired) electrons. The summed E-state index contributed by atoms with van der Waals surface area (Å²) in [7, 11) is 0. The van der Waals surface area contributed by atoms with Crippen LogP contribution in [-0.4, -0.2) is 45.0 Å². The molecule has 1 aliphatic rings. The topological polar surface area (TPSA) is 88.6 Å². The van der Waals surface area contributed by atoms with Crippen molar-refractivity contribution in [1.82, 2.24) is 24.7 Å². The normalized spacial score (nSPS) is 17.3. The van der Waals surface area contributed by atoms with E-state index in [2.05, 4.69) is 32.1 Å². The van der Waals surface area contributed by atoms with E-state index < -0.39 is 0 Å². The fourth-order valence-corrected chi connectivity index (χ4v) is 3.90. The highest BCUT2D eigenvalue weighted by molar-refractivity contribution is 5.78. The molecule has 1 saturated heterocycles. The van der Waals surface area contributed by atoms with Crippen molar-refractivity contribution in [3.05, 3.63) is 52.2 Å². The summed E-state index contributed by atoms with van der Waals surface area (Å²) in [6.45, 7) is 8.69. The third-order valence-corrected chi connectivity index (χ3v) is 5.27. The van der Waals surface area contributed by atoms with Crippen molar-refractivity contribution in [2.45, 2.75) is 26.8 Å². The van der Waals surface area contributed by atoms with Crippen molar-refractivity contribution in [2.24, 2.45) is 0 Å². The van der Waals surface area contributed by atoms with Crippen LogP contribution in [0.4, 0.5) is 5.69 Å². The van der Waals surface area contributed by atoms with Crippen LogP contribution in [0.2, 0.25) is 0 Å². The predicted molar refractivity (Wildman–Crippen MR) is 111 cm³/mol. The zero-order chi connectivity index (χ0) is 20.1. The van der Waals surface area contributed by atoms with Gasteiger partial charge in [0.05, 0.1) is 11.4 Å². The summed E-state index contributed by atoms with van der Waals surface area (Å²) >= 11 is 0. The van der Waals surface area contributed by atoms with Gasteiger partial charge >= 0.3 is 0 Å². The van der Waals surface area contributed by atoms with Gasteiger partial charge in [0.1, 0.15) is 16.9 Å². The number of oxazole rings is 1. The number of fused-ring (bicyclic) bond motifs is 2. The third kappa shape index (κ3) is 3.15. The van der Waals surface area contributed by atoms with Crippen LogP contribution in [0.15, 0.2) is 39.7 Å². The second-order valence-electron chi connectivity index (χ2n) is 7.61. The van der Waals surface area contributed by atoms with Crippen LogP contribution in [0.3, 0.4) is 0 Å². The SMILES string of the molecule is Cc1cc2nc(-c3cc(=O)n4cc(N5CCN[C@@H](C)C5)ccc4n3)oc2c(C)n1. The lowest BCUT2D eigenvalue weighted by Gasteiger charge is -2.33. The van der Waals surface area contributed by atoms with Gasteiger partial charge in [-0.05, 0) is 39.0 Å². The van der Waals surface area contributed by atoms with E-state index in [1.165, 1.54) is 6.07 Å². The van der Waals surface area contributed by atoms with E-state index in [1.807, 2.05) is 38.2 Å². The summed E-state index contributed by atoms with van der Waals surface area (Å²) < 4.78 is 7.45. The van der Waals surface area contributed by atoms with Crippen LogP contribution in [0.1, 0.15) is 18.3 Å². The third-order valence-electron chi connectivity index (χ3n) is 5.27. The molecular weight excluding hydrogens is 368 g/mol. The smallest absolute Gasteiger partial charge is 0.258 e. The Morgan fingerprint density at radius 1 is 1.17 bits per heavy atom. The van der Waals surface area contributed by atoms with E-state index >= 15 is 0 Å². The molecule has 0 aliphatic carbocycles. The fraction of sp³-hybridized carbons (Fsp3) is 0.333. The first-order chi connectivity index (χ1) is 14.0. The van der Waals surface area contributed by atoms with E-state index in [0.29, 0.717) is 28.9 Å². The molecule has 148 valence electrons. The lowest BCUT2D eigenvalue weighted by molar-refractivity contribution is 0.484. The first-order valence-corrected chi connectivity index (χ1v) is 9.75. The van der Waals surface area contributed by atoms with Crippen LogP contribution in [0.25, 0.3) is 28.3 Å². The number of nitrogens with one attached hydrogen (secondary N) is 1. The van der Waals surface area contributed by atoms with Crippen molar-refractivity contribution in [3.8, 4) is 11.6 Å². The highest BCUT2D eigenvalue weighted by atomic mass is 16.3. The van der Waals surface area contributed by atoms with Gasteiger partial charge in [-0.15, -0.1) is 0 Å². The Morgan fingerprint density at radius 2 is 2.03 bits per heavy atom. The zero-order valence-electron chi connectivity index (χ0n) is 16.6. The molecule has 4 aromatic heterocycles. The van der Waals surface area contributed by atoms with Crippen molar-refractivity contribution in [2.75, 3.05) is 24.5 Å². The summed E-state index contributed by atoms with van der Waals surface area (Å²) in [5.74, 6) is 0.329. The standard InChI is InChI=1S/C21H22N6O2/c1-12-8-16-20(14(3)23-12)29-21(25-16)17-9-19(28)27-11-15(4-5-18(27)24-17)26-7-6-22-13(2)10-26/h4-5,8-9,11,13,22H,6-7,10H2,1-3H3/t13-/m0/s1. The molecule has 0 amide bonds. The molecule has 4 aromatic rings. The largest absolute Gasteiger partial charge is 0.433 e. The number of hydrogen-bond acceptors (Lipinski definition) is 7. The minimum absolute atomic E-state index is 0.164. The summed E-state index contributed by atoms with van der Waals surface area (Å²) in [5.41, 5.74) is 4.82. The molecule has 0 saturated carbocycles. The summed E-state index contributed by atoms with van der Waals surface area (Å²) in [6, 6.07) is 7.62. The van der Waals surface area contributed by atoms with Crippen molar-refractivity contribution < 1.29 is 4.42 Å². The average molecular weight is 390 g/mol. The van der Waals surface area contributed by atoms with Gasteiger partial charge in [-0.3, -0.25) is 14.2 Å². The maximum absolute atomic E-state index is 12.8. The minimum Gasteiger partial charge on any atom is -0.433 e. The van der Waals surface area contributed by atoms with E-state index in [4.69, 9.17) is 4.42 Å². The fourth-order valence-electron chi connectivity index (χ4n) is 3.90. The van der Waals surface area contributed by atoms with Crippen LogP contribution in [0.5, 0.6) is 0 Å². The number of pyridine rings is 2. The molecule has 1 aliphatic heterocycles. The first kappa shape index (κ1) is 17.8. The molecule has 0 unspecified atom stereocenters. The van der Waals surface area contributed by atoms with Gasteiger partial charge in [-0.1, -0.05) is 0 Å². The summed E-state index contributed by atoms with van der Waals surface area (Å²) in [4.78, 5) is 28.6. The maximum atomic E-state index is 12.8. The Morgan fingerprint density at radius 3 is 2.86 bits per heavy atom. The van der Waals surface area contributed by atoms with E-state index in [0.717, 1.165) is 42.2 Å². The molecule has 0 spiro atoms. The Kier molecular flexibility index (Phi) is 4.09. The van der Waals surface area contributed by atoms with E-state index in [1.54, 1.807) is 4.40 Å². The first-order valence-electron chi connectivity index (χ1n) is 9.75. The van der Waals surface area contributed by atoms with Gasteiger partial charge in [0.2, 0.25) is 5.89 Å². The molecule has 8 nitrogen and oxygen atoms in total. The molecule has 1 N–H and O–H groups in total. The van der Waals surface area contributed by atoms with E-state index in [9.17, 15) is 4.79 Å². The number of aromatic nitrogens is 4. The second-order valence-corrected chi connectivity index (χ2v) is 7.61. The highest BCUT2D eigenvalue weighted by Crippen LogP contribution is 2.25. The molecule has 1 atom stereocenters. The van der Waals surface area contributed by atoms with Crippen molar-refractivity contribution in [1.29, 1.82) is 0 Å². The molecule has 0 aromatic carbocycles. The Bertz CT molecular complexity index is 1290. The van der Waals surface area contributed by atoms with Gasteiger partial charge in [-0.25, -0.2) is 9.97 Å². The van der Waals surface area contributed by atoms with Gasteiger partial charge in [0.25, 0.3) is 5.56 Å². The van der Waals surface area contributed by atoms with Gasteiger partial charge in [-0.2, -0.15) is 0 Å². The number of piperazine rings is 1. The molecule has 1 fully saturated rings. The van der Waals surface area contributed by atoms with Gasteiger partial charge < -0.3 is 14.6 Å². The lowest BCUT2D eigenvalue weighted by atomic mass is 10.2. The average Bonchev–Trinajstić information content (AvgIpc) is 3.12. The predicted octanol–water partition coefficient (Wildman–Crippen LogP) is 2.31. The number of nitrogens with zero attached hydrogens (tertiary/aromatic N) is 5. The Labute approximate surface area is 167 Å². The number of hydrogen-bond donors (Lipinski definition) is 1. The van der Waals surface area contributed by atoms with Crippen LogP contribution in [0, 0.1) is 13.8 Å². The highest BCUT2D eigenvalue weighted by Gasteiger charge is 2.18. The van der Waals surface area contributed by atoms with Crippen LogP contribution < -0.4 is 15.8 Å². The van der Waals surface area contributed by atoms with Crippen molar-refractivity contribution in [3.63, 3.8) is 0 Å². The summed E-state index contributed by atoms with van der Waals surface area (Å²) in [6.07, 6.45) is 1.86. The van der Waals surface area contributed by atoms with Gasteiger partial charge in [0, 0.05) is 43.6 Å². The Hall–Kier alpha value is -3.26. The Balaban J connectivity index is 1.57. The van der Waals surface area contributed by atoms with Gasteiger partial charge in [0.15, 0.2) is 5.58 Å². The van der Waals surface area contributed by atoms with Crippen molar-refractivity contribution >= 4 is 22.4 Å². The maximum Gasteiger partial charge on any atom is 0.258 e. The molecular formula is C21H22N6O2. The van der Waals surface area contributed by atoms with Crippen LogP contribution >= 0.6 is 0 Å². The second kappa shape index (κ2) is 6.66. The zero-order valence-corrected chi connectivity index (χ0v) is 16.6. The van der Waals surface area contributed by atoms with Crippen LogP contribution in [-0.2, 0) is 0 Å². The quantitative estimate of drug-likeness (QED) is 0.562. The molecule has 29 heavy (non-hydrogen) atoms. The molecule has 8 heteroatoms. The summed E-state index contributed by atoms with van der Waals surface area (Å²) in [5, 5.41) is 3.43. The minimum atomic E-state index is -0.164. The lowest BCUT2D eigenvalue weighted by Crippen LogP contribution is -2.49. The van der Waals surface area contributed by atoms with E-state index in [-0.39, 0.29) is 5.56 Å². The number of rotatable bonds is 2. The molecule has 5 heterocycles. The number of aryl methyl sites for hydroxylation is 2. The monoisotopic (exact) mass is 390 g/mol. The molecule has 5 rings (SSSR count).